The predicted molar refractivity (Wildman–Crippen MR) is 77.8 cm³/mol. The summed E-state index contributed by atoms with van der Waals surface area (Å²) in [4.78, 5) is 30.3. The van der Waals surface area contributed by atoms with Crippen molar-refractivity contribution in [2.45, 2.75) is 6.42 Å². The van der Waals surface area contributed by atoms with Crippen molar-refractivity contribution in [2.75, 3.05) is 5.32 Å². The lowest BCUT2D eigenvalue weighted by Gasteiger charge is -2.07. The van der Waals surface area contributed by atoms with Crippen molar-refractivity contribution in [3.63, 3.8) is 0 Å². The Morgan fingerprint density at radius 1 is 1.19 bits per heavy atom. The van der Waals surface area contributed by atoms with Crippen LogP contribution in [0, 0.1) is 0 Å². The molecule has 8 heteroatoms. The number of carbonyl (C=O) groups is 2. The molecule has 0 radical (unpaired) electrons. The molecule has 0 aliphatic heterocycles. The first-order chi connectivity index (χ1) is 9.95. The summed E-state index contributed by atoms with van der Waals surface area (Å²) in [6.45, 7) is 0. The number of halogens is 2. The molecule has 0 atom stereocenters. The van der Waals surface area contributed by atoms with Crippen LogP contribution in [0.3, 0.4) is 0 Å². The number of carbonyl (C=O) groups excluding carboxylic acids is 1. The molecular formula is C13H9Cl2N3O3. The Hall–Kier alpha value is -2.18. The van der Waals surface area contributed by atoms with Crippen LogP contribution < -0.4 is 5.32 Å². The fourth-order valence-corrected chi connectivity index (χ4v) is 1.89. The molecule has 2 rings (SSSR count). The van der Waals surface area contributed by atoms with Crippen molar-refractivity contribution in [3.8, 4) is 0 Å². The van der Waals surface area contributed by atoms with E-state index < -0.39 is 11.9 Å². The van der Waals surface area contributed by atoms with Gasteiger partial charge in [0, 0.05) is 6.20 Å². The minimum Gasteiger partial charge on any atom is -0.481 e. The van der Waals surface area contributed by atoms with E-state index in [9.17, 15) is 9.59 Å². The average Bonchev–Trinajstić information content (AvgIpc) is 2.43. The Morgan fingerprint density at radius 3 is 2.57 bits per heavy atom. The van der Waals surface area contributed by atoms with Gasteiger partial charge in [0.05, 0.1) is 34.6 Å². The molecule has 108 valence electrons. The van der Waals surface area contributed by atoms with E-state index in [4.69, 9.17) is 28.3 Å². The lowest BCUT2D eigenvalue weighted by molar-refractivity contribution is -0.136. The number of aliphatic carboxylic acids is 1. The van der Waals surface area contributed by atoms with Gasteiger partial charge in [-0.1, -0.05) is 23.2 Å². The number of amides is 1. The quantitative estimate of drug-likeness (QED) is 0.843. The molecule has 2 N–H and O–H groups in total. The van der Waals surface area contributed by atoms with Gasteiger partial charge in [0.1, 0.15) is 5.15 Å². The van der Waals surface area contributed by atoms with Gasteiger partial charge in [-0.2, -0.15) is 0 Å². The van der Waals surface area contributed by atoms with Gasteiger partial charge in [-0.25, -0.2) is 4.98 Å². The molecule has 0 spiro atoms. The largest absolute Gasteiger partial charge is 0.481 e. The smallest absolute Gasteiger partial charge is 0.309 e. The highest BCUT2D eigenvalue weighted by Gasteiger charge is 2.12. The van der Waals surface area contributed by atoms with Crippen LogP contribution in [0.4, 0.5) is 5.69 Å². The summed E-state index contributed by atoms with van der Waals surface area (Å²) in [7, 11) is 0. The van der Waals surface area contributed by atoms with Gasteiger partial charge < -0.3 is 10.4 Å². The van der Waals surface area contributed by atoms with Gasteiger partial charge in [0.25, 0.3) is 5.91 Å². The van der Waals surface area contributed by atoms with Gasteiger partial charge >= 0.3 is 5.97 Å². The number of aromatic nitrogens is 2. The summed E-state index contributed by atoms with van der Waals surface area (Å²) in [5, 5.41) is 11.6. The second-order valence-corrected chi connectivity index (χ2v) is 4.84. The Morgan fingerprint density at radius 2 is 1.95 bits per heavy atom. The zero-order valence-corrected chi connectivity index (χ0v) is 12.0. The SMILES string of the molecule is O=C(O)Cc1ccc(NC(=O)c2cc(Cl)ncc2Cl)cn1. The van der Waals surface area contributed by atoms with Crippen LogP contribution in [0.5, 0.6) is 0 Å². The Bertz CT molecular complexity index is 690. The molecule has 0 unspecified atom stereocenters. The highest BCUT2D eigenvalue weighted by atomic mass is 35.5. The van der Waals surface area contributed by atoms with E-state index in [2.05, 4.69) is 15.3 Å². The number of nitrogens with one attached hydrogen (secondary N) is 1. The molecule has 0 saturated carbocycles. The maximum atomic E-state index is 12.0. The molecule has 2 aromatic rings. The van der Waals surface area contributed by atoms with Crippen LogP contribution in [-0.2, 0) is 11.2 Å². The maximum absolute atomic E-state index is 12.0. The highest BCUT2D eigenvalue weighted by molar-refractivity contribution is 6.35. The monoisotopic (exact) mass is 325 g/mol. The normalized spacial score (nSPS) is 10.2. The van der Waals surface area contributed by atoms with E-state index in [0.717, 1.165) is 0 Å². The van der Waals surface area contributed by atoms with Crippen LogP contribution >= 0.6 is 23.2 Å². The van der Waals surface area contributed by atoms with E-state index in [1.54, 1.807) is 6.07 Å². The number of hydrogen-bond donors (Lipinski definition) is 2. The molecule has 6 nitrogen and oxygen atoms in total. The van der Waals surface area contributed by atoms with Crippen molar-refractivity contribution < 1.29 is 14.7 Å². The molecule has 0 bridgehead atoms. The lowest BCUT2D eigenvalue weighted by Crippen LogP contribution is -2.13. The third-order valence-electron chi connectivity index (χ3n) is 2.48. The first-order valence-electron chi connectivity index (χ1n) is 5.75. The maximum Gasteiger partial charge on any atom is 0.309 e. The number of hydrogen-bond acceptors (Lipinski definition) is 4. The third-order valence-corrected chi connectivity index (χ3v) is 2.99. The summed E-state index contributed by atoms with van der Waals surface area (Å²) in [6.07, 6.45) is 2.47. The number of anilines is 1. The van der Waals surface area contributed by atoms with Crippen LogP contribution in [0.15, 0.2) is 30.6 Å². The zero-order valence-electron chi connectivity index (χ0n) is 10.5. The average molecular weight is 326 g/mol. The van der Waals surface area contributed by atoms with Crippen molar-refractivity contribution in [1.82, 2.24) is 9.97 Å². The molecule has 1 amide bonds. The van der Waals surface area contributed by atoms with Crippen molar-refractivity contribution >= 4 is 40.8 Å². The summed E-state index contributed by atoms with van der Waals surface area (Å²) in [5.41, 5.74) is 0.995. The van der Waals surface area contributed by atoms with E-state index in [1.165, 1.54) is 24.5 Å². The Balaban J connectivity index is 2.12. The van der Waals surface area contributed by atoms with Crippen molar-refractivity contribution in [1.29, 1.82) is 0 Å². The van der Waals surface area contributed by atoms with Crippen LogP contribution in [0.25, 0.3) is 0 Å². The van der Waals surface area contributed by atoms with E-state index in [1.807, 2.05) is 0 Å². The summed E-state index contributed by atoms with van der Waals surface area (Å²) >= 11 is 11.6. The van der Waals surface area contributed by atoms with Gasteiger partial charge in [0.15, 0.2) is 0 Å². The summed E-state index contributed by atoms with van der Waals surface area (Å²) in [6, 6.07) is 4.43. The zero-order chi connectivity index (χ0) is 15.4. The Kier molecular flexibility index (Phi) is 4.72. The first-order valence-corrected chi connectivity index (χ1v) is 6.50. The van der Waals surface area contributed by atoms with E-state index in [0.29, 0.717) is 11.4 Å². The lowest BCUT2D eigenvalue weighted by atomic mass is 10.2. The molecule has 2 heterocycles. The molecule has 21 heavy (non-hydrogen) atoms. The van der Waals surface area contributed by atoms with Gasteiger partial charge in [-0.15, -0.1) is 0 Å². The van der Waals surface area contributed by atoms with Crippen molar-refractivity contribution in [3.05, 3.63) is 52.0 Å². The summed E-state index contributed by atoms with van der Waals surface area (Å²) in [5.74, 6) is -1.44. The molecule has 0 saturated heterocycles. The Labute approximate surface area is 129 Å². The number of pyridine rings is 2. The third kappa shape index (κ3) is 4.14. The second kappa shape index (κ2) is 6.51. The van der Waals surface area contributed by atoms with Gasteiger partial charge in [-0.3, -0.25) is 14.6 Å². The van der Waals surface area contributed by atoms with E-state index >= 15 is 0 Å². The molecule has 0 aliphatic rings. The van der Waals surface area contributed by atoms with Gasteiger partial charge in [-0.05, 0) is 18.2 Å². The summed E-state index contributed by atoms with van der Waals surface area (Å²) < 4.78 is 0. The molecule has 0 aromatic carbocycles. The first kappa shape index (κ1) is 15.2. The number of carboxylic acids is 1. The fourth-order valence-electron chi connectivity index (χ4n) is 1.54. The van der Waals surface area contributed by atoms with Gasteiger partial charge in [0.2, 0.25) is 0 Å². The van der Waals surface area contributed by atoms with E-state index in [-0.39, 0.29) is 22.2 Å². The number of carboxylic acid groups (broad SMARTS) is 1. The fraction of sp³-hybridized carbons (Fsp3) is 0.0769. The topological polar surface area (TPSA) is 92.2 Å². The van der Waals surface area contributed by atoms with Crippen LogP contribution in [0.1, 0.15) is 16.1 Å². The second-order valence-electron chi connectivity index (χ2n) is 4.05. The standard InChI is InChI=1S/C13H9Cl2N3O3/c14-10-6-17-11(15)4-9(10)13(21)18-8-2-1-7(16-5-8)3-12(19)20/h1-2,4-6H,3H2,(H,18,21)(H,19,20). The minimum atomic E-state index is -0.975. The number of rotatable bonds is 4. The minimum absolute atomic E-state index is 0.152. The molecular weight excluding hydrogens is 317 g/mol. The predicted octanol–water partition coefficient (Wildman–Crippen LogP) is 2.66. The molecule has 0 fully saturated rings. The molecule has 0 aliphatic carbocycles. The van der Waals surface area contributed by atoms with Crippen LogP contribution in [0.2, 0.25) is 10.2 Å². The van der Waals surface area contributed by atoms with Crippen LogP contribution in [-0.4, -0.2) is 27.0 Å². The van der Waals surface area contributed by atoms with Crippen molar-refractivity contribution in [2.24, 2.45) is 0 Å². The highest BCUT2D eigenvalue weighted by Crippen LogP contribution is 2.19. The molecule has 2 aromatic heterocycles. The number of nitrogens with zero attached hydrogens (tertiary/aromatic N) is 2.